The highest BCUT2D eigenvalue weighted by Gasteiger charge is 2.66. The molecule has 4 heterocycles. The number of carbonyl (C=O) groups is 3. The van der Waals surface area contributed by atoms with Crippen LogP contribution in [0.4, 0.5) is 17.1 Å². The van der Waals surface area contributed by atoms with Crippen molar-refractivity contribution < 1.29 is 29.0 Å². The lowest BCUT2D eigenvalue weighted by molar-refractivity contribution is -0.149. The molecule has 3 amide bonds. The fourth-order valence-electron chi connectivity index (χ4n) is 8.53. The Kier molecular flexibility index (Phi) is 7.05. The van der Waals surface area contributed by atoms with Gasteiger partial charge in [-0.25, -0.2) is 0 Å². The highest BCUT2D eigenvalue weighted by Crippen LogP contribution is 2.60. The van der Waals surface area contributed by atoms with E-state index in [1.807, 2.05) is 74.6 Å². The molecule has 5 atom stereocenters. The molecule has 0 saturated carbocycles. The summed E-state index contributed by atoms with van der Waals surface area (Å²) in [4.78, 5) is 58.7. The Morgan fingerprint density at radius 1 is 1.13 bits per heavy atom. The van der Waals surface area contributed by atoms with Crippen molar-refractivity contribution in [2.75, 3.05) is 29.5 Å². The Hall–Kier alpha value is -3.83. The number of hydrogen-bond acceptors (Lipinski definition) is 6. The second kappa shape index (κ2) is 10.6. The van der Waals surface area contributed by atoms with Crippen LogP contribution in [0.5, 0.6) is 0 Å². The van der Waals surface area contributed by atoms with Crippen molar-refractivity contribution in [3.63, 3.8) is 0 Å². The van der Waals surface area contributed by atoms with E-state index in [1.165, 1.54) is 0 Å². The summed E-state index contributed by atoms with van der Waals surface area (Å²) in [6.07, 6.45) is 2.55. The molecule has 2 saturated heterocycles. The molecule has 45 heavy (non-hydrogen) atoms. The molecule has 0 aliphatic carbocycles. The summed E-state index contributed by atoms with van der Waals surface area (Å²) >= 11 is 0. The van der Waals surface area contributed by atoms with Crippen molar-refractivity contribution in [1.82, 2.24) is 4.90 Å². The molecule has 3 aromatic rings. The highest BCUT2D eigenvalue weighted by molar-refractivity contribution is 6.71. The number of fused-ring (bicyclic) bond motifs is 2. The minimum Gasteiger partial charge on any atom is -0.432 e. The maximum atomic E-state index is 14.6. The number of aliphatic hydroxyl groups is 1. The lowest BCUT2D eigenvalue weighted by Gasteiger charge is -2.33. The maximum absolute atomic E-state index is 14.6. The fourth-order valence-corrected chi connectivity index (χ4v) is 11.1. The van der Waals surface area contributed by atoms with Gasteiger partial charge in [0.05, 0.1) is 42.1 Å². The Balaban J connectivity index is 1.33. The van der Waals surface area contributed by atoms with Crippen LogP contribution in [-0.4, -0.2) is 72.7 Å². The molecule has 3 aromatic carbocycles. The van der Waals surface area contributed by atoms with Gasteiger partial charge < -0.3 is 24.4 Å². The van der Waals surface area contributed by atoms with Crippen LogP contribution in [-0.2, 0) is 19.9 Å². The van der Waals surface area contributed by atoms with E-state index in [1.54, 1.807) is 20.8 Å². The summed E-state index contributed by atoms with van der Waals surface area (Å²) in [5.74, 6) is -0.995. The number of ether oxygens (including phenoxy) is 1. The SMILES string of the molecule is C=CCN1C(=O)[C@@]2(O[C@@H](CC(=O)N3CCC[C@H]3CO)[C@H]([Si](C)(C)O)[C@H]2C)c2cc(N3C(=O)c4cccc5cccc3c45)ccc21. The predicted octanol–water partition coefficient (Wildman–Crippen LogP) is 4.84. The lowest BCUT2D eigenvalue weighted by atomic mass is 9.82. The number of nitrogens with zero attached hydrogens (tertiary/aromatic N) is 3. The number of amides is 3. The van der Waals surface area contributed by atoms with E-state index in [0.29, 0.717) is 29.0 Å². The third-order valence-corrected chi connectivity index (χ3v) is 12.9. The zero-order valence-electron chi connectivity index (χ0n) is 25.9. The minimum absolute atomic E-state index is 0.00985. The normalized spacial score (nSPS) is 27.4. The van der Waals surface area contributed by atoms with Crippen LogP contribution in [0.3, 0.4) is 0 Å². The quantitative estimate of drug-likeness (QED) is 0.287. The number of likely N-dealkylation sites (tertiary alicyclic amines) is 1. The van der Waals surface area contributed by atoms with Crippen LogP contribution in [0.1, 0.15) is 42.1 Å². The first-order valence-electron chi connectivity index (χ1n) is 15.8. The fraction of sp³-hybridized carbons (Fsp3) is 0.400. The van der Waals surface area contributed by atoms with Crippen LogP contribution in [0.2, 0.25) is 18.6 Å². The molecule has 1 spiro atoms. The first-order chi connectivity index (χ1) is 21.5. The Morgan fingerprint density at radius 3 is 2.60 bits per heavy atom. The first-order valence-corrected chi connectivity index (χ1v) is 18.8. The van der Waals surface area contributed by atoms with Gasteiger partial charge in [-0.2, -0.15) is 0 Å². The average Bonchev–Trinajstić information content (AvgIpc) is 3.74. The van der Waals surface area contributed by atoms with Crippen LogP contribution in [0.25, 0.3) is 10.8 Å². The van der Waals surface area contributed by atoms with E-state index in [4.69, 9.17) is 4.74 Å². The standard InChI is InChI=1S/C35H39N3O6Si/c1-5-16-37-27-15-14-23(38-28-13-7-10-22-9-6-12-25(31(22)28)33(38)41)18-26(27)35(34(37)42)21(2)32(45(3,4)43)29(44-35)19-30(40)36-17-8-11-24(36)20-39/h5-7,9-10,12-15,18,21,24,29,32,39,43H,1,8,11,16-17,19-20H2,2-4H3/t21-,24+,29+,32-,35+/m1/s1. The number of anilines is 3. The summed E-state index contributed by atoms with van der Waals surface area (Å²) in [5.41, 5.74) is 1.44. The molecule has 7 rings (SSSR count). The van der Waals surface area contributed by atoms with E-state index in [-0.39, 0.29) is 43.3 Å². The zero-order valence-corrected chi connectivity index (χ0v) is 26.9. The number of carbonyl (C=O) groups excluding carboxylic acids is 3. The van der Waals surface area contributed by atoms with Gasteiger partial charge in [-0.15, -0.1) is 6.58 Å². The smallest absolute Gasteiger partial charge is 0.264 e. The molecule has 4 aliphatic heterocycles. The molecule has 0 unspecified atom stereocenters. The molecule has 2 N–H and O–H groups in total. The van der Waals surface area contributed by atoms with Gasteiger partial charge in [0.25, 0.3) is 11.8 Å². The minimum atomic E-state index is -2.99. The van der Waals surface area contributed by atoms with E-state index in [9.17, 15) is 24.3 Å². The van der Waals surface area contributed by atoms with Crippen molar-refractivity contribution in [2.24, 2.45) is 5.92 Å². The summed E-state index contributed by atoms with van der Waals surface area (Å²) in [5, 5.41) is 11.7. The summed E-state index contributed by atoms with van der Waals surface area (Å²) in [6.45, 7) is 10.2. The van der Waals surface area contributed by atoms with Gasteiger partial charge in [-0.1, -0.05) is 37.3 Å². The van der Waals surface area contributed by atoms with Crippen molar-refractivity contribution in [1.29, 1.82) is 0 Å². The highest BCUT2D eigenvalue weighted by atomic mass is 28.4. The van der Waals surface area contributed by atoms with Gasteiger partial charge in [0.1, 0.15) is 0 Å². The molecule has 2 fully saturated rings. The summed E-state index contributed by atoms with van der Waals surface area (Å²) < 4.78 is 6.88. The molecule has 0 radical (unpaired) electrons. The van der Waals surface area contributed by atoms with Crippen LogP contribution < -0.4 is 9.80 Å². The Labute approximate surface area is 263 Å². The molecule has 0 bridgehead atoms. The van der Waals surface area contributed by atoms with Gasteiger partial charge in [-0.05, 0) is 61.7 Å². The monoisotopic (exact) mass is 625 g/mol. The summed E-state index contributed by atoms with van der Waals surface area (Å²) in [7, 11) is -2.99. The zero-order chi connectivity index (χ0) is 31.8. The lowest BCUT2D eigenvalue weighted by Crippen LogP contribution is -2.46. The number of benzene rings is 3. The van der Waals surface area contributed by atoms with Crippen LogP contribution in [0.15, 0.2) is 67.3 Å². The summed E-state index contributed by atoms with van der Waals surface area (Å²) in [6, 6.07) is 16.9. The third kappa shape index (κ3) is 4.26. The largest absolute Gasteiger partial charge is 0.432 e. The van der Waals surface area contributed by atoms with Gasteiger partial charge in [0, 0.05) is 41.2 Å². The Morgan fingerprint density at radius 2 is 1.89 bits per heavy atom. The number of hydrogen-bond donors (Lipinski definition) is 2. The van der Waals surface area contributed by atoms with Gasteiger partial charge in [-0.3, -0.25) is 19.3 Å². The molecular weight excluding hydrogens is 586 g/mol. The average molecular weight is 626 g/mol. The second-order valence-corrected chi connectivity index (χ2v) is 17.3. The topological polar surface area (TPSA) is 111 Å². The molecule has 4 aliphatic rings. The van der Waals surface area contributed by atoms with E-state index < -0.39 is 31.5 Å². The number of aliphatic hydroxyl groups excluding tert-OH is 1. The third-order valence-electron chi connectivity index (χ3n) is 10.4. The van der Waals surface area contributed by atoms with Crippen molar-refractivity contribution in [2.45, 2.75) is 62.6 Å². The van der Waals surface area contributed by atoms with Crippen molar-refractivity contribution >= 4 is 53.9 Å². The van der Waals surface area contributed by atoms with Crippen molar-refractivity contribution in [3.8, 4) is 0 Å². The van der Waals surface area contributed by atoms with Crippen LogP contribution >= 0.6 is 0 Å². The molecular formula is C35H39N3O6Si. The van der Waals surface area contributed by atoms with Crippen LogP contribution in [0, 0.1) is 5.92 Å². The molecule has 10 heteroatoms. The van der Waals surface area contributed by atoms with E-state index in [0.717, 1.165) is 29.3 Å². The van der Waals surface area contributed by atoms with Crippen molar-refractivity contribution in [3.05, 3.63) is 78.4 Å². The number of rotatable bonds is 7. The molecule has 234 valence electrons. The molecule has 9 nitrogen and oxygen atoms in total. The van der Waals surface area contributed by atoms with Gasteiger partial charge in [0.15, 0.2) is 13.9 Å². The van der Waals surface area contributed by atoms with E-state index in [2.05, 4.69) is 6.58 Å². The predicted molar refractivity (Wildman–Crippen MR) is 175 cm³/mol. The van der Waals surface area contributed by atoms with E-state index >= 15 is 0 Å². The van der Waals surface area contributed by atoms with Gasteiger partial charge in [0.2, 0.25) is 5.91 Å². The van der Waals surface area contributed by atoms with Gasteiger partial charge >= 0.3 is 0 Å². The molecule has 0 aromatic heterocycles. The Bertz CT molecular complexity index is 1750. The first kappa shape index (κ1) is 29.9. The maximum Gasteiger partial charge on any atom is 0.264 e. The second-order valence-electron chi connectivity index (χ2n) is 13.4.